The summed E-state index contributed by atoms with van der Waals surface area (Å²) in [5.74, 6) is 0.397. The first-order chi connectivity index (χ1) is 14.4. The molecule has 156 valence electrons. The molecule has 0 unspecified atom stereocenters. The topological polar surface area (TPSA) is 85.1 Å². The van der Waals surface area contributed by atoms with Gasteiger partial charge in [0, 0.05) is 56.6 Å². The Bertz CT molecular complexity index is 1070. The summed E-state index contributed by atoms with van der Waals surface area (Å²) in [4.78, 5) is 30.2. The van der Waals surface area contributed by atoms with Crippen molar-refractivity contribution in [3.8, 4) is 22.6 Å². The minimum atomic E-state index is -0.293. The number of nitrogens with zero attached hydrogens (tertiary/aromatic N) is 5. The van der Waals surface area contributed by atoms with Crippen molar-refractivity contribution in [3.63, 3.8) is 0 Å². The van der Waals surface area contributed by atoms with Crippen LogP contribution in [0.25, 0.3) is 22.6 Å². The number of nitrogens with one attached hydrogen (secondary N) is 1. The van der Waals surface area contributed by atoms with E-state index in [0.717, 1.165) is 22.6 Å². The molecule has 2 amide bonds. The number of benzene rings is 1. The second-order valence-corrected chi connectivity index (χ2v) is 7.90. The number of aromatic nitrogens is 4. The van der Waals surface area contributed by atoms with Gasteiger partial charge in [-0.25, -0.2) is 4.98 Å². The van der Waals surface area contributed by atoms with Crippen molar-refractivity contribution in [3.05, 3.63) is 47.9 Å². The van der Waals surface area contributed by atoms with E-state index >= 15 is 0 Å². The van der Waals surface area contributed by atoms with Crippen molar-refractivity contribution in [2.24, 2.45) is 13.0 Å². The Balaban J connectivity index is 1.53. The molecular weight excluding hydrogens is 404 g/mol. The van der Waals surface area contributed by atoms with E-state index in [-0.39, 0.29) is 24.2 Å². The van der Waals surface area contributed by atoms with Gasteiger partial charge in [0.1, 0.15) is 5.69 Å². The van der Waals surface area contributed by atoms with Gasteiger partial charge < -0.3 is 14.8 Å². The van der Waals surface area contributed by atoms with Crippen molar-refractivity contribution >= 4 is 23.4 Å². The number of hydrogen-bond donors (Lipinski definition) is 1. The van der Waals surface area contributed by atoms with Gasteiger partial charge in [-0.3, -0.25) is 14.3 Å². The van der Waals surface area contributed by atoms with Crippen molar-refractivity contribution < 1.29 is 9.59 Å². The third-order valence-corrected chi connectivity index (χ3v) is 5.61. The van der Waals surface area contributed by atoms with Gasteiger partial charge in [0.2, 0.25) is 11.8 Å². The zero-order valence-electron chi connectivity index (χ0n) is 16.9. The van der Waals surface area contributed by atoms with Crippen LogP contribution in [0.3, 0.4) is 0 Å². The van der Waals surface area contributed by atoms with E-state index in [1.807, 2.05) is 46.8 Å². The summed E-state index contributed by atoms with van der Waals surface area (Å²) in [5, 5.41) is 8.15. The number of amides is 2. The van der Waals surface area contributed by atoms with E-state index < -0.39 is 0 Å². The maximum absolute atomic E-state index is 12.4. The molecule has 1 N–H and O–H groups in total. The molecule has 1 aliphatic heterocycles. The number of carbonyl (C=O) groups excluding carboxylic acids is 2. The summed E-state index contributed by atoms with van der Waals surface area (Å²) < 4.78 is 3.78. The first-order valence-corrected chi connectivity index (χ1v) is 10.1. The average molecular weight is 427 g/mol. The smallest absolute Gasteiger partial charge is 0.225 e. The highest BCUT2D eigenvalue weighted by atomic mass is 35.5. The van der Waals surface area contributed by atoms with E-state index in [4.69, 9.17) is 11.6 Å². The molecule has 1 atom stereocenters. The summed E-state index contributed by atoms with van der Waals surface area (Å²) in [6, 6.07) is 7.59. The molecule has 1 fully saturated rings. The minimum Gasteiger partial charge on any atom is -0.354 e. The number of halogens is 1. The molecule has 8 nitrogen and oxygen atoms in total. The molecule has 1 aliphatic rings. The molecule has 0 bridgehead atoms. The van der Waals surface area contributed by atoms with Crippen LogP contribution in [0.1, 0.15) is 6.42 Å². The molecule has 2 aromatic heterocycles. The largest absolute Gasteiger partial charge is 0.354 e. The Labute approximate surface area is 179 Å². The third kappa shape index (κ3) is 3.95. The van der Waals surface area contributed by atoms with Gasteiger partial charge >= 0.3 is 0 Å². The summed E-state index contributed by atoms with van der Waals surface area (Å²) in [7, 11) is 3.65. The van der Waals surface area contributed by atoms with Gasteiger partial charge in [-0.2, -0.15) is 5.10 Å². The van der Waals surface area contributed by atoms with Crippen LogP contribution in [0.15, 0.2) is 42.9 Å². The number of aryl methyl sites for hydroxylation is 1. The zero-order chi connectivity index (χ0) is 21.3. The van der Waals surface area contributed by atoms with Crippen LogP contribution in [-0.4, -0.2) is 56.2 Å². The molecule has 1 aromatic carbocycles. The lowest BCUT2D eigenvalue weighted by atomic mass is 10.1. The summed E-state index contributed by atoms with van der Waals surface area (Å²) in [6.45, 7) is 1.36. The fourth-order valence-corrected chi connectivity index (χ4v) is 3.82. The Morgan fingerprint density at radius 1 is 1.27 bits per heavy atom. The molecule has 30 heavy (non-hydrogen) atoms. The molecule has 0 spiro atoms. The van der Waals surface area contributed by atoms with E-state index in [9.17, 15) is 9.59 Å². The quantitative estimate of drug-likeness (QED) is 0.654. The SMILES string of the molecule is CN1C[C@H](C(=O)NCCn2ncc(-c3ccc(Cl)cc3)c2-c2nccn2C)CC1=O. The van der Waals surface area contributed by atoms with Gasteiger partial charge in [-0.15, -0.1) is 0 Å². The number of rotatable bonds is 6. The molecule has 0 saturated carbocycles. The molecule has 9 heteroatoms. The summed E-state index contributed by atoms with van der Waals surface area (Å²) in [5.41, 5.74) is 2.80. The van der Waals surface area contributed by atoms with Crippen LogP contribution >= 0.6 is 11.6 Å². The zero-order valence-corrected chi connectivity index (χ0v) is 17.6. The van der Waals surface area contributed by atoms with E-state index in [0.29, 0.717) is 24.7 Å². The Kier molecular flexibility index (Phi) is 5.59. The van der Waals surface area contributed by atoms with Gasteiger partial charge in [0.05, 0.1) is 18.7 Å². The van der Waals surface area contributed by atoms with Crippen LogP contribution in [-0.2, 0) is 23.2 Å². The lowest BCUT2D eigenvalue weighted by Crippen LogP contribution is -2.34. The van der Waals surface area contributed by atoms with Crippen LogP contribution < -0.4 is 5.32 Å². The third-order valence-electron chi connectivity index (χ3n) is 5.36. The average Bonchev–Trinajstić information content (AvgIpc) is 3.41. The standard InChI is InChI=1S/C21H23ClN6O2/c1-26-9-7-23-20(26)19-17(14-3-5-16(22)6-4-14)12-25-28(19)10-8-24-21(30)15-11-18(29)27(2)13-15/h3-7,9,12,15H,8,10-11,13H2,1-2H3,(H,24,30)/t15-/m1/s1. The maximum atomic E-state index is 12.4. The van der Waals surface area contributed by atoms with E-state index in [2.05, 4.69) is 15.4 Å². The fourth-order valence-electron chi connectivity index (χ4n) is 3.69. The first kappa shape index (κ1) is 20.2. The van der Waals surface area contributed by atoms with Crippen molar-refractivity contribution in [2.75, 3.05) is 20.1 Å². The lowest BCUT2D eigenvalue weighted by Gasteiger charge is -2.13. The van der Waals surface area contributed by atoms with Crippen molar-refractivity contribution in [1.82, 2.24) is 29.5 Å². The predicted octanol–water partition coefficient (Wildman–Crippen LogP) is 2.20. The van der Waals surface area contributed by atoms with Gasteiger partial charge in [0.25, 0.3) is 0 Å². The number of carbonyl (C=O) groups is 2. The predicted molar refractivity (Wildman–Crippen MR) is 114 cm³/mol. The van der Waals surface area contributed by atoms with Gasteiger partial charge in [-0.05, 0) is 17.7 Å². The maximum Gasteiger partial charge on any atom is 0.225 e. The lowest BCUT2D eigenvalue weighted by molar-refractivity contribution is -0.128. The molecule has 0 aliphatic carbocycles. The number of likely N-dealkylation sites (tertiary alicyclic amines) is 1. The van der Waals surface area contributed by atoms with Gasteiger partial charge in [-0.1, -0.05) is 23.7 Å². The number of hydrogen-bond acceptors (Lipinski definition) is 4. The van der Waals surface area contributed by atoms with Crippen LogP contribution in [0.2, 0.25) is 5.02 Å². The summed E-state index contributed by atoms with van der Waals surface area (Å²) in [6.07, 6.45) is 5.70. The monoisotopic (exact) mass is 426 g/mol. The molecule has 3 aromatic rings. The molecule has 4 rings (SSSR count). The highest BCUT2D eigenvalue weighted by Gasteiger charge is 2.31. The van der Waals surface area contributed by atoms with Crippen molar-refractivity contribution in [1.29, 1.82) is 0 Å². The highest BCUT2D eigenvalue weighted by Crippen LogP contribution is 2.31. The summed E-state index contributed by atoms with van der Waals surface area (Å²) >= 11 is 6.04. The molecule has 3 heterocycles. The Morgan fingerprint density at radius 2 is 2.03 bits per heavy atom. The van der Waals surface area contributed by atoms with Crippen LogP contribution in [0.5, 0.6) is 0 Å². The van der Waals surface area contributed by atoms with E-state index in [1.165, 1.54) is 0 Å². The highest BCUT2D eigenvalue weighted by molar-refractivity contribution is 6.30. The Morgan fingerprint density at radius 3 is 2.67 bits per heavy atom. The first-order valence-electron chi connectivity index (χ1n) is 9.75. The second kappa shape index (κ2) is 8.31. The second-order valence-electron chi connectivity index (χ2n) is 7.46. The molecular formula is C21H23ClN6O2. The van der Waals surface area contributed by atoms with Crippen molar-refractivity contribution in [2.45, 2.75) is 13.0 Å². The van der Waals surface area contributed by atoms with Gasteiger partial charge in [0.15, 0.2) is 5.82 Å². The fraction of sp³-hybridized carbons (Fsp3) is 0.333. The molecule has 1 saturated heterocycles. The normalized spacial score (nSPS) is 16.3. The minimum absolute atomic E-state index is 0.00639. The number of imidazole rings is 1. The van der Waals surface area contributed by atoms with Crippen LogP contribution in [0, 0.1) is 5.92 Å². The Hall–Kier alpha value is -3.13. The van der Waals surface area contributed by atoms with E-state index in [1.54, 1.807) is 24.3 Å². The van der Waals surface area contributed by atoms with Crippen LogP contribution in [0.4, 0.5) is 0 Å². The molecule has 0 radical (unpaired) electrons.